The van der Waals surface area contributed by atoms with Gasteiger partial charge in [0.15, 0.2) is 5.65 Å². The van der Waals surface area contributed by atoms with Crippen LogP contribution in [0.5, 0.6) is 0 Å². The molecule has 3 aromatic rings. The number of nitrogens with one attached hydrogen (secondary N) is 2. The Morgan fingerprint density at radius 1 is 1.19 bits per heavy atom. The van der Waals surface area contributed by atoms with Gasteiger partial charge >= 0.3 is 5.69 Å². The lowest BCUT2D eigenvalue weighted by molar-refractivity contribution is 0.559. The van der Waals surface area contributed by atoms with E-state index in [-0.39, 0.29) is 29.0 Å². The topological polar surface area (TPSA) is 83.5 Å². The van der Waals surface area contributed by atoms with Crippen molar-refractivity contribution in [1.82, 2.24) is 19.5 Å². The van der Waals surface area contributed by atoms with Crippen molar-refractivity contribution in [1.29, 1.82) is 0 Å². The second kappa shape index (κ2) is 4.65. The van der Waals surface area contributed by atoms with Crippen molar-refractivity contribution in [2.75, 3.05) is 0 Å². The van der Waals surface area contributed by atoms with Crippen LogP contribution in [0.25, 0.3) is 11.2 Å². The molecule has 0 aliphatic rings. The van der Waals surface area contributed by atoms with Crippen LogP contribution in [0.15, 0.2) is 27.8 Å². The standard InChI is InChI=1S/C13H10F2N4O2/c1-19-11-10(12(20)18-13(19)21)16-9(17-11)5-6-7(14)3-2-4-8(6)15/h2-4H,5H2,1H3,(H,16,17)(H,18,20,21). The molecular formula is C13H10F2N4O2. The van der Waals surface area contributed by atoms with Crippen LogP contribution in [-0.2, 0) is 13.5 Å². The second-order valence-corrected chi connectivity index (χ2v) is 4.58. The van der Waals surface area contributed by atoms with E-state index in [1.54, 1.807) is 0 Å². The first-order chi connectivity index (χ1) is 9.97. The largest absolute Gasteiger partial charge is 0.336 e. The van der Waals surface area contributed by atoms with Crippen LogP contribution in [0, 0.1) is 11.6 Å². The number of aromatic nitrogens is 4. The molecule has 0 fully saturated rings. The van der Waals surface area contributed by atoms with E-state index in [2.05, 4.69) is 15.0 Å². The lowest BCUT2D eigenvalue weighted by Crippen LogP contribution is -2.28. The predicted octanol–water partition coefficient (Wildman–Crippen LogP) is 0.819. The van der Waals surface area contributed by atoms with Crippen molar-refractivity contribution < 1.29 is 8.78 Å². The van der Waals surface area contributed by atoms with Crippen LogP contribution in [-0.4, -0.2) is 19.5 Å². The summed E-state index contributed by atoms with van der Waals surface area (Å²) in [6.45, 7) is 0. The van der Waals surface area contributed by atoms with Crippen LogP contribution >= 0.6 is 0 Å². The van der Waals surface area contributed by atoms with E-state index in [0.717, 1.165) is 16.7 Å². The number of aromatic amines is 2. The molecule has 0 amide bonds. The van der Waals surface area contributed by atoms with Gasteiger partial charge in [-0.2, -0.15) is 0 Å². The van der Waals surface area contributed by atoms with Crippen molar-refractivity contribution in [2.24, 2.45) is 7.05 Å². The minimum atomic E-state index is -0.696. The minimum Gasteiger partial charge on any atom is -0.336 e. The molecule has 21 heavy (non-hydrogen) atoms. The smallest absolute Gasteiger partial charge is 0.329 e. The first-order valence-corrected chi connectivity index (χ1v) is 6.08. The van der Waals surface area contributed by atoms with Gasteiger partial charge in [-0.3, -0.25) is 14.3 Å². The Kier molecular flexibility index (Phi) is 2.93. The molecule has 0 saturated carbocycles. The number of halogens is 2. The summed E-state index contributed by atoms with van der Waals surface area (Å²) in [6, 6.07) is 3.55. The molecule has 0 radical (unpaired) electrons. The van der Waals surface area contributed by atoms with Crippen molar-refractivity contribution in [3.05, 3.63) is 62.1 Å². The summed E-state index contributed by atoms with van der Waals surface area (Å²) in [5.74, 6) is -1.20. The quantitative estimate of drug-likeness (QED) is 0.733. The van der Waals surface area contributed by atoms with Crippen LogP contribution in [0.2, 0.25) is 0 Å². The van der Waals surface area contributed by atoms with Crippen LogP contribution in [0.3, 0.4) is 0 Å². The molecule has 2 aromatic heterocycles. The molecule has 0 spiro atoms. The summed E-state index contributed by atoms with van der Waals surface area (Å²) < 4.78 is 28.4. The van der Waals surface area contributed by atoms with Gasteiger partial charge in [-0.05, 0) is 12.1 Å². The van der Waals surface area contributed by atoms with E-state index in [0.29, 0.717) is 0 Å². The zero-order valence-electron chi connectivity index (χ0n) is 10.9. The van der Waals surface area contributed by atoms with Crippen molar-refractivity contribution in [3.8, 4) is 0 Å². The highest BCUT2D eigenvalue weighted by Crippen LogP contribution is 2.16. The fourth-order valence-corrected chi connectivity index (χ4v) is 2.10. The Morgan fingerprint density at radius 3 is 2.52 bits per heavy atom. The van der Waals surface area contributed by atoms with Gasteiger partial charge in [0.05, 0.1) is 0 Å². The Morgan fingerprint density at radius 2 is 1.86 bits per heavy atom. The third-order valence-electron chi connectivity index (χ3n) is 3.21. The van der Waals surface area contributed by atoms with Gasteiger partial charge in [-0.25, -0.2) is 18.6 Å². The number of hydrogen-bond donors (Lipinski definition) is 2. The third kappa shape index (κ3) is 2.14. The van der Waals surface area contributed by atoms with Crippen molar-refractivity contribution >= 4 is 11.2 Å². The van der Waals surface area contributed by atoms with Gasteiger partial charge in [0.25, 0.3) is 5.56 Å². The first-order valence-electron chi connectivity index (χ1n) is 6.08. The lowest BCUT2D eigenvalue weighted by atomic mass is 10.1. The summed E-state index contributed by atoms with van der Waals surface area (Å²) in [5.41, 5.74) is -1.17. The SMILES string of the molecule is Cn1c(=O)[nH]c(=O)c2[nH]c(Cc3c(F)cccc3F)nc21. The van der Waals surface area contributed by atoms with E-state index in [1.165, 1.54) is 13.1 Å². The molecule has 2 N–H and O–H groups in total. The molecule has 0 aliphatic carbocycles. The number of H-pyrrole nitrogens is 2. The molecular weight excluding hydrogens is 282 g/mol. The Labute approximate surface area is 116 Å². The molecule has 0 saturated heterocycles. The molecule has 0 atom stereocenters. The Balaban J connectivity index is 2.15. The lowest BCUT2D eigenvalue weighted by Gasteiger charge is -2.01. The fraction of sp³-hybridized carbons (Fsp3) is 0.154. The predicted molar refractivity (Wildman–Crippen MR) is 71.1 cm³/mol. The van der Waals surface area contributed by atoms with E-state index < -0.39 is 22.9 Å². The van der Waals surface area contributed by atoms with E-state index in [9.17, 15) is 18.4 Å². The molecule has 0 aliphatic heterocycles. The highest BCUT2D eigenvalue weighted by atomic mass is 19.1. The number of rotatable bonds is 2. The van der Waals surface area contributed by atoms with Gasteiger partial charge in [-0.15, -0.1) is 0 Å². The summed E-state index contributed by atoms with van der Waals surface area (Å²) in [7, 11) is 1.44. The summed E-state index contributed by atoms with van der Waals surface area (Å²) in [6.07, 6.45) is -0.152. The summed E-state index contributed by atoms with van der Waals surface area (Å²) in [4.78, 5) is 32.0. The third-order valence-corrected chi connectivity index (χ3v) is 3.21. The summed E-state index contributed by atoms with van der Waals surface area (Å²) >= 11 is 0. The molecule has 6 nitrogen and oxygen atoms in total. The molecule has 0 bridgehead atoms. The number of aryl methyl sites for hydroxylation is 1. The van der Waals surface area contributed by atoms with Crippen molar-refractivity contribution in [2.45, 2.75) is 6.42 Å². The van der Waals surface area contributed by atoms with E-state index in [1.807, 2.05) is 0 Å². The monoisotopic (exact) mass is 292 g/mol. The van der Waals surface area contributed by atoms with Crippen LogP contribution < -0.4 is 11.2 Å². The van der Waals surface area contributed by atoms with Gasteiger partial charge in [0.1, 0.15) is 23.0 Å². The minimum absolute atomic E-state index is 0.0869. The van der Waals surface area contributed by atoms with E-state index >= 15 is 0 Å². The number of hydrogen-bond acceptors (Lipinski definition) is 3. The van der Waals surface area contributed by atoms with Gasteiger partial charge in [0, 0.05) is 19.0 Å². The zero-order chi connectivity index (χ0) is 15.1. The average Bonchev–Trinajstić information content (AvgIpc) is 2.85. The normalized spacial score (nSPS) is 11.2. The molecule has 0 unspecified atom stereocenters. The number of benzene rings is 1. The maximum absolute atomic E-state index is 13.6. The maximum atomic E-state index is 13.6. The molecule has 2 heterocycles. The van der Waals surface area contributed by atoms with Gasteiger partial charge in [0.2, 0.25) is 0 Å². The van der Waals surface area contributed by atoms with Gasteiger partial charge < -0.3 is 4.98 Å². The highest BCUT2D eigenvalue weighted by molar-refractivity contribution is 5.69. The van der Waals surface area contributed by atoms with E-state index in [4.69, 9.17) is 0 Å². The van der Waals surface area contributed by atoms with Crippen molar-refractivity contribution in [3.63, 3.8) is 0 Å². The Hall–Kier alpha value is -2.77. The maximum Gasteiger partial charge on any atom is 0.329 e. The highest BCUT2D eigenvalue weighted by Gasteiger charge is 2.14. The van der Waals surface area contributed by atoms with Gasteiger partial charge in [-0.1, -0.05) is 6.07 Å². The molecule has 8 heteroatoms. The average molecular weight is 292 g/mol. The Bertz CT molecular complexity index is 935. The first kappa shape index (κ1) is 13.2. The summed E-state index contributed by atoms with van der Waals surface area (Å²) in [5, 5.41) is 0. The fourth-order valence-electron chi connectivity index (χ4n) is 2.10. The number of fused-ring (bicyclic) bond motifs is 1. The molecule has 3 rings (SSSR count). The van der Waals surface area contributed by atoms with Crippen LogP contribution in [0.1, 0.15) is 11.4 Å². The molecule has 108 valence electrons. The van der Waals surface area contributed by atoms with Crippen LogP contribution in [0.4, 0.5) is 8.78 Å². The molecule has 1 aromatic carbocycles. The zero-order valence-corrected chi connectivity index (χ0v) is 10.9. The second-order valence-electron chi connectivity index (χ2n) is 4.58. The number of nitrogens with zero attached hydrogens (tertiary/aromatic N) is 2. The number of imidazole rings is 1.